The average molecular weight is 292 g/mol. The van der Waals surface area contributed by atoms with E-state index in [0.717, 1.165) is 11.1 Å². The van der Waals surface area contributed by atoms with Crippen LogP contribution >= 0.6 is 0 Å². The number of rotatable bonds is 5. The van der Waals surface area contributed by atoms with Gasteiger partial charge in [-0.25, -0.2) is 0 Å². The zero-order valence-corrected chi connectivity index (χ0v) is 13.0. The van der Waals surface area contributed by atoms with E-state index in [2.05, 4.69) is 43.4 Å². The van der Waals surface area contributed by atoms with Crippen molar-refractivity contribution in [3.63, 3.8) is 0 Å². The third-order valence-corrected chi connectivity index (χ3v) is 3.70. The molecule has 1 N–H and O–H groups in total. The molecule has 0 radical (unpaired) electrons. The fourth-order valence-corrected chi connectivity index (χ4v) is 2.33. The fraction of sp³-hybridized carbons (Fsp3) is 0.263. The predicted molar refractivity (Wildman–Crippen MR) is 87.2 cm³/mol. The van der Waals surface area contributed by atoms with Crippen LogP contribution in [0.1, 0.15) is 34.2 Å². The Morgan fingerprint density at radius 1 is 1.14 bits per heavy atom. The van der Waals surface area contributed by atoms with Crippen LogP contribution in [-0.2, 0) is 17.8 Å². The van der Waals surface area contributed by atoms with Gasteiger partial charge in [0.1, 0.15) is 0 Å². The van der Waals surface area contributed by atoms with Gasteiger partial charge in [-0.15, -0.1) is 0 Å². The van der Waals surface area contributed by atoms with Crippen molar-refractivity contribution >= 4 is 5.91 Å². The van der Waals surface area contributed by atoms with Crippen LogP contribution in [0.3, 0.4) is 0 Å². The quantitative estimate of drug-likeness (QED) is 0.918. The minimum Gasteiger partial charge on any atom is -0.352 e. The molecular weight excluding hydrogens is 272 g/mol. The van der Waals surface area contributed by atoms with Gasteiger partial charge in [-0.1, -0.05) is 35.9 Å². The first kappa shape index (κ1) is 15.8. The summed E-state index contributed by atoms with van der Waals surface area (Å²) in [7, 11) is 0. The molecule has 0 bridgehead atoms. The number of hydrogen-bond acceptors (Lipinski definition) is 2. The number of benzene rings is 2. The Hall–Kier alpha value is -2.60. The van der Waals surface area contributed by atoms with Crippen molar-refractivity contribution in [1.82, 2.24) is 5.32 Å². The molecule has 2 rings (SSSR count). The number of hydrogen-bond donors (Lipinski definition) is 1. The van der Waals surface area contributed by atoms with Gasteiger partial charge in [0, 0.05) is 13.0 Å². The van der Waals surface area contributed by atoms with Gasteiger partial charge in [-0.3, -0.25) is 4.79 Å². The number of aryl methyl sites for hydroxylation is 3. The lowest BCUT2D eigenvalue weighted by Crippen LogP contribution is -2.23. The van der Waals surface area contributed by atoms with Gasteiger partial charge in [0.15, 0.2) is 0 Å². The summed E-state index contributed by atoms with van der Waals surface area (Å²) >= 11 is 0. The second kappa shape index (κ2) is 7.42. The standard InChI is InChI=1S/C19H20N2O/c1-14-3-9-18(15(2)11-14)13-21-19(22)10-8-16-4-6-17(12-20)7-5-16/h3-7,9,11H,8,10,13H2,1-2H3,(H,21,22). The molecule has 2 aromatic carbocycles. The highest BCUT2D eigenvalue weighted by Gasteiger charge is 2.04. The third-order valence-electron chi connectivity index (χ3n) is 3.70. The van der Waals surface area contributed by atoms with E-state index in [4.69, 9.17) is 5.26 Å². The number of nitrogens with one attached hydrogen (secondary N) is 1. The molecule has 0 saturated carbocycles. The highest BCUT2D eigenvalue weighted by Crippen LogP contribution is 2.10. The van der Waals surface area contributed by atoms with Crippen molar-refractivity contribution in [2.24, 2.45) is 0 Å². The molecule has 0 spiro atoms. The summed E-state index contributed by atoms with van der Waals surface area (Å²) in [5.41, 5.74) is 5.29. The van der Waals surface area contributed by atoms with Crippen LogP contribution < -0.4 is 5.32 Å². The van der Waals surface area contributed by atoms with Crippen molar-refractivity contribution in [3.8, 4) is 6.07 Å². The lowest BCUT2D eigenvalue weighted by atomic mass is 10.1. The lowest BCUT2D eigenvalue weighted by molar-refractivity contribution is -0.121. The van der Waals surface area contributed by atoms with Gasteiger partial charge < -0.3 is 5.32 Å². The van der Waals surface area contributed by atoms with E-state index in [9.17, 15) is 4.79 Å². The summed E-state index contributed by atoms with van der Waals surface area (Å²) in [6, 6.07) is 15.7. The largest absolute Gasteiger partial charge is 0.352 e. The molecule has 112 valence electrons. The number of amides is 1. The van der Waals surface area contributed by atoms with Crippen LogP contribution in [0.25, 0.3) is 0 Å². The molecule has 0 aromatic heterocycles. The molecule has 3 nitrogen and oxygen atoms in total. The monoisotopic (exact) mass is 292 g/mol. The molecule has 2 aromatic rings. The zero-order valence-electron chi connectivity index (χ0n) is 13.0. The van der Waals surface area contributed by atoms with Gasteiger partial charge >= 0.3 is 0 Å². The normalized spacial score (nSPS) is 10.0. The Balaban J connectivity index is 1.81. The maximum absolute atomic E-state index is 11.9. The van der Waals surface area contributed by atoms with E-state index in [-0.39, 0.29) is 5.91 Å². The molecule has 0 unspecified atom stereocenters. The Labute approximate surface area is 131 Å². The third kappa shape index (κ3) is 4.46. The number of carbonyl (C=O) groups is 1. The molecule has 1 amide bonds. The Morgan fingerprint density at radius 2 is 1.86 bits per heavy atom. The first-order chi connectivity index (χ1) is 10.6. The maximum Gasteiger partial charge on any atom is 0.220 e. The summed E-state index contributed by atoms with van der Waals surface area (Å²) in [6.45, 7) is 4.69. The Morgan fingerprint density at radius 3 is 2.50 bits per heavy atom. The minimum atomic E-state index is 0.0457. The van der Waals surface area contributed by atoms with Gasteiger partial charge in [0.2, 0.25) is 5.91 Å². The van der Waals surface area contributed by atoms with Crippen LogP contribution in [-0.4, -0.2) is 5.91 Å². The van der Waals surface area contributed by atoms with Crippen molar-refractivity contribution in [2.45, 2.75) is 33.2 Å². The van der Waals surface area contributed by atoms with Crippen LogP contribution in [0.2, 0.25) is 0 Å². The molecule has 0 aliphatic heterocycles. The minimum absolute atomic E-state index is 0.0457. The van der Waals surface area contributed by atoms with E-state index in [1.54, 1.807) is 12.1 Å². The fourth-order valence-electron chi connectivity index (χ4n) is 2.33. The number of nitrogens with zero attached hydrogens (tertiary/aromatic N) is 1. The Kier molecular flexibility index (Phi) is 5.32. The highest BCUT2D eigenvalue weighted by atomic mass is 16.1. The van der Waals surface area contributed by atoms with Crippen LogP contribution in [0.4, 0.5) is 0 Å². The van der Waals surface area contributed by atoms with E-state index in [1.807, 2.05) is 12.1 Å². The summed E-state index contributed by atoms with van der Waals surface area (Å²) in [4.78, 5) is 11.9. The first-order valence-electron chi connectivity index (χ1n) is 7.40. The zero-order chi connectivity index (χ0) is 15.9. The van der Waals surface area contributed by atoms with E-state index >= 15 is 0 Å². The topological polar surface area (TPSA) is 52.9 Å². The smallest absolute Gasteiger partial charge is 0.220 e. The summed E-state index contributed by atoms with van der Waals surface area (Å²) in [6.07, 6.45) is 1.14. The second-order valence-corrected chi connectivity index (χ2v) is 5.52. The average Bonchev–Trinajstić information content (AvgIpc) is 2.52. The van der Waals surface area contributed by atoms with E-state index in [0.29, 0.717) is 24.9 Å². The maximum atomic E-state index is 11.9. The van der Waals surface area contributed by atoms with Crippen LogP contribution in [0.15, 0.2) is 42.5 Å². The van der Waals surface area contributed by atoms with E-state index < -0.39 is 0 Å². The summed E-state index contributed by atoms with van der Waals surface area (Å²) in [5, 5.41) is 11.7. The van der Waals surface area contributed by atoms with Crippen LogP contribution in [0, 0.1) is 25.2 Å². The van der Waals surface area contributed by atoms with Gasteiger partial charge in [0.05, 0.1) is 11.6 Å². The van der Waals surface area contributed by atoms with Crippen molar-refractivity contribution in [3.05, 3.63) is 70.3 Å². The Bertz CT molecular complexity index is 696. The molecule has 0 atom stereocenters. The van der Waals surface area contributed by atoms with Gasteiger partial charge in [-0.2, -0.15) is 5.26 Å². The van der Waals surface area contributed by atoms with Gasteiger partial charge in [-0.05, 0) is 49.1 Å². The van der Waals surface area contributed by atoms with Crippen molar-refractivity contribution < 1.29 is 4.79 Å². The predicted octanol–water partition coefficient (Wildman–Crippen LogP) is 3.42. The first-order valence-corrected chi connectivity index (χ1v) is 7.40. The molecule has 0 heterocycles. The summed E-state index contributed by atoms with van der Waals surface area (Å²) < 4.78 is 0. The number of nitriles is 1. The number of carbonyl (C=O) groups excluding carboxylic acids is 1. The second-order valence-electron chi connectivity index (χ2n) is 5.52. The molecule has 0 saturated heterocycles. The summed E-state index contributed by atoms with van der Waals surface area (Å²) in [5.74, 6) is 0.0457. The lowest BCUT2D eigenvalue weighted by Gasteiger charge is -2.09. The molecular formula is C19H20N2O. The SMILES string of the molecule is Cc1ccc(CNC(=O)CCc2ccc(C#N)cc2)c(C)c1. The van der Waals surface area contributed by atoms with Crippen molar-refractivity contribution in [2.75, 3.05) is 0 Å². The van der Waals surface area contributed by atoms with Crippen molar-refractivity contribution in [1.29, 1.82) is 5.26 Å². The molecule has 3 heteroatoms. The van der Waals surface area contributed by atoms with Gasteiger partial charge in [0.25, 0.3) is 0 Å². The molecule has 0 fully saturated rings. The highest BCUT2D eigenvalue weighted by molar-refractivity contribution is 5.76. The van der Waals surface area contributed by atoms with E-state index in [1.165, 1.54) is 11.1 Å². The molecule has 0 aliphatic carbocycles. The van der Waals surface area contributed by atoms with Crippen LogP contribution in [0.5, 0.6) is 0 Å². The molecule has 22 heavy (non-hydrogen) atoms. The molecule has 0 aliphatic rings.